The number of nitrogens with zero attached hydrogens (tertiary/aromatic N) is 2. The van der Waals surface area contributed by atoms with Gasteiger partial charge < -0.3 is 9.47 Å². The number of para-hydroxylation sites is 1. The van der Waals surface area contributed by atoms with Crippen LogP contribution < -0.4 is 4.90 Å². The Labute approximate surface area is 173 Å². The van der Waals surface area contributed by atoms with E-state index in [4.69, 9.17) is 0 Å². The SMILES string of the molecule is Cc1c(C(=O)CN2CC[NH+](CC=Cc3ccccc3)CC2)c2ccccc2n1C. The number of benzene rings is 2. The van der Waals surface area contributed by atoms with Crippen LogP contribution in [0.3, 0.4) is 0 Å². The molecule has 1 aliphatic heterocycles. The van der Waals surface area contributed by atoms with Crippen LogP contribution in [0.4, 0.5) is 0 Å². The molecular weight excluding hydrogens is 358 g/mol. The molecule has 150 valence electrons. The van der Waals surface area contributed by atoms with Crippen LogP contribution in [0.1, 0.15) is 21.6 Å². The number of carbonyl (C=O) groups excluding carboxylic acids is 1. The first-order valence-corrected chi connectivity index (χ1v) is 10.5. The van der Waals surface area contributed by atoms with Crippen molar-refractivity contribution in [3.8, 4) is 0 Å². The molecule has 1 saturated heterocycles. The van der Waals surface area contributed by atoms with E-state index in [2.05, 4.69) is 58.0 Å². The quantitative estimate of drug-likeness (QED) is 0.658. The van der Waals surface area contributed by atoms with Gasteiger partial charge in [0.15, 0.2) is 5.78 Å². The van der Waals surface area contributed by atoms with Gasteiger partial charge >= 0.3 is 0 Å². The topological polar surface area (TPSA) is 29.7 Å². The number of carbonyl (C=O) groups is 1. The lowest BCUT2D eigenvalue weighted by molar-refractivity contribution is -0.898. The number of hydrogen-bond donors (Lipinski definition) is 1. The molecule has 2 aromatic carbocycles. The van der Waals surface area contributed by atoms with Gasteiger partial charge in [0, 0.05) is 42.3 Å². The van der Waals surface area contributed by atoms with E-state index in [0.29, 0.717) is 6.54 Å². The third kappa shape index (κ3) is 4.34. The van der Waals surface area contributed by atoms with Crippen molar-refractivity contribution in [1.29, 1.82) is 0 Å². The fourth-order valence-electron chi connectivity index (χ4n) is 4.31. The van der Waals surface area contributed by atoms with E-state index in [9.17, 15) is 4.79 Å². The Balaban J connectivity index is 1.33. The molecule has 1 aliphatic rings. The number of hydrogen-bond acceptors (Lipinski definition) is 2. The second-order valence-corrected chi connectivity index (χ2v) is 8.00. The Hall–Kier alpha value is -2.69. The fourth-order valence-corrected chi connectivity index (χ4v) is 4.31. The summed E-state index contributed by atoms with van der Waals surface area (Å²) < 4.78 is 2.13. The van der Waals surface area contributed by atoms with Crippen LogP contribution >= 0.6 is 0 Å². The average Bonchev–Trinajstić information content (AvgIpc) is 3.01. The first kappa shape index (κ1) is 19.6. The van der Waals surface area contributed by atoms with Crippen molar-refractivity contribution in [2.24, 2.45) is 7.05 Å². The summed E-state index contributed by atoms with van der Waals surface area (Å²) in [5, 5.41) is 1.08. The third-order valence-electron chi connectivity index (χ3n) is 6.13. The molecule has 0 bridgehead atoms. The lowest BCUT2D eigenvalue weighted by Gasteiger charge is -2.31. The summed E-state index contributed by atoms with van der Waals surface area (Å²) in [4.78, 5) is 17.0. The zero-order chi connectivity index (χ0) is 20.2. The number of piperazine rings is 1. The van der Waals surface area contributed by atoms with Gasteiger partial charge in [-0.1, -0.05) is 54.6 Å². The standard InChI is InChI=1S/C25H29N3O/c1-20-25(22-12-6-7-13-23(22)26(20)2)24(29)19-28-17-15-27(16-18-28)14-8-11-21-9-4-3-5-10-21/h3-13H,14-19H2,1-2H3/p+1. The molecule has 1 fully saturated rings. The Morgan fingerprint density at radius 1 is 1.03 bits per heavy atom. The van der Waals surface area contributed by atoms with E-state index in [-0.39, 0.29) is 5.78 Å². The van der Waals surface area contributed by atoms with Crippen molar-refractivity contribution >= 4 is 22.8 Å². The fraction of sp³-hybridized carbons (Fsp3) is 0.320. The van der Waals surface area contributed by atoms with Crippen molar-refractivity contribution in [2.75, 3.05) is 39.3 Å². The van der Waals surface area contributed by atoms with Gasteiger partial charge in [0.2, 0.25) is 0 Å². The number of aromatic nitrogens is 1. The maximum atomic E-state index is 13.1. The van der Waals surface area contributed by atoms with Crippen LogP contribution in [0, 0.1) is 6.92 Å². The largest absolute Gasteiger partial charge is 0.347 e. The first-order valence-electron chi connectivity index (χ1n) is 10.5. The number of aryl methyl sites for hydroxylation is 1. The van der Waals surface area contributed by atoms with Crippen LogP contribution in [-0.4, -0.2) is 54.5 Å². The summed E-state index contributed by atoms with van der Waals surface area (Å²) in [5.41, 5.74) is 4.34. The van der Waals surface area contributed by atoms with Crippen LogP contribution in [-0.2, 0) is 7.05 Å². The van der Waals surface area contributed by atoms with Crippen LogP contribution in [0.5, 0.6) is 0 Å². The molecule has 0 unspecified atom stereocenters. The van der Waals surface area contributed by atoms with E-state index in [1.54, 1.807) is 4.90 Å². The van der Waals surface area contributed by atoms with Gasteiger partial charge in [-0.15, -0.1) is 0 Å². The van der Waals surface area contributed by atoms with Crippen molar-refractivity contribution in [3.63, 3.8) is 0 Å². The Kier molecular flexibility index (Phi) is 5.93. The Morgan fingerprint density at radius 2 is 1.72 bits per heavy atom. The molecular formula is C25H30N3O+. The smallest absolute Gasteiger partial charge is 0.179 e. The highest BCUT2D eigenvalue weighted by Crippen LogP contribution is 2.25. The van der Waals surface area contributed by atoms with Gasteiger partial charge in [-0.3, -0.25) is 9.69 Å². The monoisotopic (exact) mass is 388 g/mol. The lowest BCUT2D eigenvalue weighted by Crippen LogP contribution is -3.14. The number of ketones is 1. The summed E-state index contributed by atoms with van der Waals surface area (Å²) in [6.07, 6.45) is 4.47. The Bertz CT molecular complexity index is 1010. The zero-order valence-electron chi connectivity index (χ0n) is 17.4. The number of quaternary nitrogens is 1. The van der Waals surface area contributed by atoms with Crippen molar-refractivity contribution in [2.45, 2.75) is 6.92 Å². The van der Waals surface area contributed by atoms with E-state index in [1.807, 2.05) is 32.2 Å². The Morgan fingerprint density at radius 3 is 2.48 bits per heavy atom. The number of fused-ring (bicyclic) bond motifs is 1. The van der Waals surface area contributed by atoms with E-state index in [0.717, 1.165) is 54.9 Å². The minimum atomic E-state index is 0.242. The molecule has 0 saturated carbocycles. The van der Waals surface area contributed by atoms with Crippen molar-refractivity contribution < 1.29 is 9.69 Å². The van der Waals surface area contributed by atoms with Gasteiger partial charge in [0.25, 0.3) is 0 Å². The van der Waals surface area contributed by atoms with Gasteiger partial charge in [-0.05, 0) is 24.6 Å². The normalized spacial score (nSPS) is 16.1. The summed E-state index contributed by atoms with van der Waals surface area (Å²) in [6.45, 7) is 7.73. The molecule has 29 heavy (non-hydrogen) atoms. The molecule has 1 aromatic heterocycles. The van der Waals surface area contributed by atoms with E-state index in [1.165, 1.54) is 5.56 Å². The molecule has 4 heteroatoms. The molecule has 0 amide bonds. The molecule has 0 spiro atoms. The first-order chi connectivity index (χ1) is 14.1. The predicted octanol–water partition coefficient (Wildman–Crippen LogP) is 2.58. The summed E-state index contributed by atoms with van der Waals surface area (Å²) in [7, 11) is 2.04. The molecule has 0 aliphatic carbocycles. The van der Waals surface area contributed by atoms with Crippen molar-refractivity contribution in [3.05, 3.63) is 77.5 Å². The van der Waals surface area contributed by atoms with Crippen LogP contribution in [0.2, 0.25) is 0 Å². The number of nitrogens with one attached hydrogen (secondary N) is 1. The lowest BCUT2D eigenvalue weighted by atomic mass is 10.1. The second-order valence-electron chi connectivity index (χ2n) is 8.00. The van der Waals surface area contributed by atoms with Crippen LogP contribution in [0.25, 0.3) is 17.0 Å². The van der Waals surface area contributed by atoms with Gasteiger partial charge in [-0.2, -0.15) is 0 Å². The minimum Gasteiger partial charge on any atom is -0.347 e. The molecule has 0 atom stereocenters. The molecule has 3 aromatic rings. The highest BCUT2D eigenvalue weighted by atomic mass is 16.1. The molecule has 2 heterocycles. The minimum absolute atomic E-state index is 0.242. The number of Topliss-reactive ketones (excluding diaryl/α,β-unsaturated/α-hetero) is 1. The molecule has 0 radical (unpaired) electrons. The maximum absolute atomic E-state index is 13.1. The van der Waals surface area contributed by atoms with Gasteiger partial charge in [0.1, 0.15) is 0 Å². The summed E-state index contributed by atoms with van der Waals surface area (Å²) in [6, 6.07) is 18.6. The van der Waals surface area contributed by atoms with Crippen molar-refractivity contribution in [1.82, 2.24) is 9.47 Å². The molecule has 1 N–H and O–H groups in total. The summed E-state index contributed by atoms with van der Waals surface area (Å²) >= 11 is 0. The third-order valence-corrected chi connectivity index (χ3v) is 6.13. The predicted molar refractivity (Wildman–Crippen MR) is 119 cm³/mol. The number of rotatable bonds is 6. The second kappa shape index (κ2) is 8.76. The highest BCUT2D eigenvalue weighted by molar-refractivity contribution is 6.10. The van der Waals surface area contributed by atoms with Gasteiger partial charge in [-0.25, -0.2) is 0 Å². The zero-order valence-corrected chi connectivity index (χ0v) is 17.4. The summed E-state index contributed by atoms with van der Waals surface area (Å²) in [5.74, 6) is 0.242. The molecule has 4 rings (SSSR count). The maximum Gasteiger partial charge on any atom is 0.179 e. The van der Waals surface area contributed by atoms with E-state index < -0.39 is 0 Å². The molecule has 4 nitrogen and oxygen atoms in total. The van der Waals surface area contributed by atoms with E-state index >= 15 is 0 Å². The average molecular weight is 389 g/mol. The highest BCUT2D eigenvalue weighted by Gasteiger charge is 2.24. The van der Waals surface area contributed by atoms with Crippen LogP contribution in [0.15, 0.2) is 60.7 Å². The van der Waals surface area contributed by atoms with Gasteiger partial charge in [0.05, 0.1) is 26.2 Å².